The van der Waals surface area contributed by atoms with E-state index in [4.69, 9.17) is 14.6 Å². The number of aryl methyl sites for hydroxylation is 1. The molecule has 0 amide bonds. The summed E-state index contributed by atoms with van der Waals surface area (Å²) >= 11 is 3.48. The fourth-order valence-electron chi connectivity index (χ4n) is 4.20. The Morgan fingerprint density at radius 1 is 1.06 bits per heavy atom. The molecule has 34 heavy (non-hydrogen) atoms. The van der Waals surface area contributed by atoms with Crippen LogP contribution < -0.4 is 0 Å². The zero-order valence-electron chi connectivity index (χ0n) is 19.1. The van der Waals surface area contributed by atoms with Gasteiger partial charge in [0.15, 0.2) is 6.23 Å². The maximum Gasteiger partial charge on any atom is 0.150 e. The standard InChI is InChI=1S/C27H27BrN4O2/c1-19-8-10-20(11-9-19)17-33-18-22-5-4-7-26(34-22)32-16-23(21-12-14-30-25(28)15-21)27(31-32)24-6-2-3-13-29-24/h2-3,6,8-16,22,26H,4-5,7,17-18H2,1H3. The molecule has 3 aromatic heterocycles. The van der Waals surface area contributed by atoms with Gasteiger partial charge in [0.1, 0.15) is 10.3 Å². The highest BCUT2D eigenvalue weighted by molar-refractivity contribution is 9.10. The third kappa shape index (κ3) is 5.43. The van der Waals surface area contributed by atoms with E-state index in [0.29, 0.717) is 13.2 Å². The number of hydrogen-bond acceptors (Lipinski definition) is 5. The van der Waals surface area contributed by atoms with Gasteiger partial charge in [-0.25, -0.2) is 9.67 Å². The molecule has 0 aliphatic carbocycles. The van der Waals surface area contributed by atoms with Crippen molar-refractivity contribution < 1.29 is 9.47 Å². The number of halogens is 1. The molecule has 1 fully saturated rings. The second kappa shape index (κ2) is 10.6. The van der Waals surface area contributed by atoms with Gasteiger partial charge in [-0.05, 0) is 77.5 Å². The van der Waals surface area contributed by atoms with Crippen LogP contribution in [0.1, 0.15) is 36.6 Å². The minimum absolute atomic E-state index is 0.0465. The first-order chi connectivity index (χ1) is 16.7. The predicted molar refractivity (Wildman–Crippen MR) is 135 cm³/mol. The van der Waals surface area contributed by atoms with E-state index in [0.717, 1.165) is 46.4 Å². The Balaban J connectivity index is 1.33. The first-order valence-electron chi connectivity index (χ1n) is 11.6. The zero-order valence-corrected chi connectivity index (χ0v) is 20.7. The van der Waals surface area contributed by atoms with Crippen LogP contribution in [0.4, 0.5) is 0 Å². The maximum atomic E-state index is 6.43. The molecule has 0 radical (unpaired) electrons. The van der Waals surface area contributed by atoms with Crippen molar-refractivity contribution in [1.82, 2.24) is 19.7 Å². The second-order valence-corrected chi connectivity index (χ2v) is 9.41. The van der Waals surface area contributed by atoms with E-state index in [2.05, 4.69) is 63.3 Å². The van der Waals surface area contributed by atoms with E-state index >= 15 is 0 Å². The van der Waals surface area contributed by atoms with Gasteiger partial charge in [0.05, 0.1) is 25.0 Å². The fraction of sp³-hybridized carbons (Fsp3) is 0.296. The maximum absolute atomic E-state index is 6.43. The summed E-state index contributed by atoms with van der Waals surface area (Å²) in [6.45, 7) is 3.26. The van der Waals surface area contributed by atoms with Crippen LogP contribution in [-0.2, 0) is 16.1 Å². The van der Waals surface area contributed by atoms with Crippen LogP contribution >= 0.6 is 15.9 Å². The van der Waals surface area contributed by atoms with Gasteiger partial charge in [0.25, 0.3) is 0 Å². The molecule has 6 nitrogen and oxygen atoms in total. The van der Waals surface area contributed by atoms with E-state index < -0.39 is 0 Å². The fourth-order valence-corrected chi connectivity index (χ4v) is 4.57. The van der Waals surface area contributed by atoms with Crippen molar-refractivity contribution in [1.29, 1.82) is 0 Å². The van der Waals surface area contributed by atoms with Gasteiger partial charge in [0.2, 0.25) is 0 Å². The molecule has 0 spiro atoms. The lowest BCUT2D eigenvalue weighted by atomic mass is 10.1. The van der Waals surface area contributed by atoms with Crippen LogP contribution in [0, 0.1) is 6.92 Å². The second-order valence-electron chi connectivity index (χ2n) is 8.60. The minimum Gasteiger partial charge on any atom is -0.374 e. The molecule has 174 valence electrons. The van der Waals surface area contributed by atoms with Gasteiger partial charge in [-0.3, -0.25) is 4.98 Å². The average molecular weight is 519 g/mol. The van der Waals surface area contributed by atoms with Gasteiger partial charge in [0, 0.05) is 24.2 Å². The summed E-state index contributed by atoms with van der Waals surface area (Å²) in [5.74, 6) is 0. The molecule has 0 N–H and O–H groups in total. The Morgan fingerprint density at radius 3 is 2.74 bits per heavy atom. The Labute approximate surface area is 208 Å². The van der Waals surface area contributed by atoms with E-state index in [-0.39, 0.29) is 12.3 Å². The largest absolute Gasteiger partial charge is 0.374 e. The monoisotopic (exact) mass is 518 g/mol. The van der Waals surface area contributed by atoms with Crippen molar-refractivity contribution in [2.45, 2.75) is 45.1 Å². The predicted octanol–water partition coefficient (Wildman–Crippen LogP) is 6.36. The van der Waals surface area contributed by atoms with Crippen LogP contribution in [0.5, 0.6) is 0 Å². The molecule has 5 rings (SSSR count). The lowest BCUT2D eigenvalue weighted by Gasteiger charge is -2.30. The van der Waals surface area contributed by atoms with Crippen LogP contribution in [0.15, 0.2) is 77.8 Å². The normalized spacial score (nSPS) is 18.2. The molecule has 1 saturated heterocycles. The third-order valence-electron chi connectivity index (χ3n) is 5.99. The van der Waals surface area contributed by atoms with Gasteiger partial charge in [-0.2, -0.15) is 5.10 Å². The molecule has 4 heterocycles. The van der Waals surface area contributed by atoms with Crippen LogP contribution in [0.25, 0.3) is 22.5 Å². The lowest BCUT2D eigenvalue weighted by molar-refractivity contribution is -0.123. The molecule has 2 atom stereocenters. The van der Waals surface area contributed by atoms with E-state index in [9.17, 15) is 0 Å². The molecule has 1 aromatic carbocycles. The summed E-state index contributed by atoms with van der Waals surface area (Å²) in [6.07, 6.45) is 8.52. The van der Waals surface area contributed by atoms with Crippen LogP contribution in [0.2, 0.25) is 0 Å². The summed E-state index contributed by atoms with van der Waals surface area (Å²) in [4.78, 5) is 8.81. The Kier molecular flexibility index (Phi) is 7.13. The Morgan fingerprint density at radius 2 is 1.94 bits per heavy atom. The molecule has 1 aliphatic rings. The number of rotatable bonds is 7. The van der Waals surface area contributed by atoms with E-state index in [1.165, 1.54) is 11.1 Å². The number of ether oxygens (including phenoxy) is 2. The molecule has 2 unspecified atom stereocenters. The number of nitrogens with zero attached hydrogens (tertiary/aromatic N) is 4. The number of pyridine rings is 2. The van der Waals surface area contributed by atoms with Crippen LogP contribution in [0.3, 0.4) is 0 Å². The summed E-state index contributed by atoms with van der Waals surface area (Å²) < 4.78 is 15.1. The molecule has 0 saturated carbocycles. The van der Waals surface area contributed by atoms with Crippen molar-refractivity contribution in [3.63, 3.8) is 0 Å². The van der Waals surface area contributed by atoms with E-state index in [1.807, 2.05) is 35.0 Å². The average Bonchev–Trinajstić information content (AvgIpc) is 3.32. The van der Waals surface area contributed by atoms with Crippen LogP contribution in [-0.4, -0.2) is 32.5 Å². The Bertz CT molecular complexity index is 1230. The lowest BCUT2D eigenvalue weighted by Crippen LogP contribution is -2.29. The molecule has 1 aliphatic heterocycles. The Hall–Kier alpha value is -2.87. The van der Waals surface area contributed by atoms with Crippen molar-refractivity contribution in [2.24, 2.45) is 0 Å². The number of hydrogen-bond donors (Lipinski definition) is 0. The van der Waals surface area contributed by atoms with Gasteiger partial charge >= 0.3 is 0 Å². The molecule has 4 aromatic rings. The zero-order chi connectivity index (χ0) is 23.3. The summed E-state index contributed by atoms with van der Waals surface area (Å²) in [5.41, 5.74) is 6.13. The number of aromatic nitrogens is 4. The summed E-state index contributed by atoms with van der Waals surface area (Å²) in [5, 5.41) is 4.93. The highest BCUT2D eigenvalue weighted by Crippen LogP contribution is 2.34. The van der Waals surface area contributed by atoms with Crippen molar-refractivity contribution in [3.8, 4) is 22.5 Å². The quantitative estimate of drug-likeness (QED) is 0.266. The van der Waals surface area contributed by atoms with Crippen molar-refractivity contribution in [2.75, 3.05) is 6.61 Å². The van der Waals surface area contributed by atoms with E-state index in [1.54, 1.807) is 12.4 Å². The SMILES string of the molecule is Cc1ccc(COCC2CCCC(n3cc(-c4ccnc(Br)c4)c(-c4ccccn4)n3)O2)cc1. The molecular weight excluding hydrogens is 492 g/mol. The van der Waals surface area contributed by atoms with Gasteiger partial charge in [-0.15, -0.1) is 0 Å². The first-order valence-corrected chi connectivity index (χ1v) is 12.4. The summed E-state index contributed by atoms with van der Waals surface area (Å²) in [7, 11) is 0. The smallest absolute Gasteiger partial charge is 0.150 e. The van der Waals surface area contributed by atoms with Gasteiger partial charge < -0.3 is 9.47 Å². The topological polar surface area (TPSA) is 62.1 Å². The molecule has 7 heteroatoms. The van der Waals surface area contributed by atoms with Crippen molar-refractivity contribution >= 4 is 15.9 Å². The third-order valence-corrected chi connectivity index (χ3v) is 6.43. The van der Waals surface area contributed by atoms with Crippen molar-refractivity contribution in [3.05, 3.63) is 88.9 Å². The number of benzene rings is 1. The molecular formula is C27H27BrN4O2. The molecule has 0 bridgehead atoms. The summed E-state index contributed by atoms with van der Waals surface area (Å²) in [6, 6.07) is 18.3. The highest BCUT2D eigenvalue weighted by Gasteiger charge is 2.26. The first kappa shape index (κ1) is 22.9. The van der Waals surface area contributed by atoms with Gasteiger partial charge in [-0.1, -0.05) is 35.9 Å². The highest BCUT2D eigenvalue weighted by atomic mass is 79.9. The minimum atomic E-state index is -0.136.